The molecule has 2 heterocycles. The Labute approximate surface area is 181 Å². The van der Waals surface area contributed by atoms with Gasteiger partial charge < -0.3 is 14.5 Å². The summed E-state index contributed by atoms with van der Waals surface area (Å²) in [6, 6.07) is 13.1. The molecule has 1 N–H and O–H groups in total. The topological polar surface area (TPSA) is 69.3 Å². The minimum Gasteiger partial charge on any atom is -0.486 e. The Bertz CT molecular complexity index is 1180. The van der Waals surface area contributed by atoms with Gasteiger partial charge in [0.05, 0.1) is 18.4 Å². The number of benzene rings is 2. The molecule has 2 aromatic carbocycles. The lowest BCUT2D eigenvalue weighted by molar-refractivity contribution is 0.0992. The van der Waals surface area contributed by atoms with Crippen LogP contribution in [0, 0.1) is 11.6 Å². The highest BCUT2D eigenvalue weighted by Crippen LogP contribution is 2.21. The van der Waals surface area contributed by atoms with Crippen molar-refractivity contribution in [1.29, 1.82) is 0 Å². The smallest absolute Gasteiger partial charge is 0.291 e. The molecule has 0 bridgehead atoms. The highest BCUT2D eigenvalue weighted by molar-refractivity contribution is 6.31. The predicted molar refractivity (Wildman–Crippen MR) is 110 cm³/mol. The Hall–Kier alpha value is -3.65. The lowest BCUT2D eigenvalue weighted by Crippen LogP contribution is -2.10. The maximum absolute atomic E-state index is 13.9. The Morgan fingerprint density at radius 3 is 2.71 bits per heavy atom. The van der Waals surface area contributed by atoms with E-state index in [2.05, 4.69) is 10.4 Å². The third-order valence-corrected chi connectivity index (χ3v) is 4.71. The van der Waals surface area contributed by atoms with E-state index in [1.807, 2.05) is 0 Å². The second-order valence-electron chi connectivity index (χ2n) is 6.59. The van der Waals surface area contributed by atoms with Gasteiger partial charge in [-0.3, -0.25) is 9.48 Å². The Balaban J connectivity index is 1.35. The summed E-state index contributed by atoms with van der Waals surface area (Å²) in [6.45, 7) is 0.202. The number of aromatic nitrogens is 2. The zero-order valence-electron chi connectivity index (χ0n) is 16.0. The Kier molecular flexibility index (Phi) is 5.99. The number of amides is 1. The van der Waals surface area contributed by atoms with Gasteiger partial charge in [0.1, 0.15) is 29.8 Å². The summed E-state index contributed by atoms with van der Waals surface area (Å²) < 4.78 is 39.3. The van der Waals surface area contributed by atoms with E-state index in [9.17, 15) is 13.6 Å². The van der Waals surface area contributed by atoms with Gasteiger partial charge in [-0.25, -0.2) is 8.78 Å². The zero-order valence-corrected chi connectivity index (χ0v) is 16.8. The molecule has 158 valence electrons. The third kappa shape index (κ3) is 5.10. The fraction of sp³-hybridized carbons (Fsp3) is 0.0909. The fourth-order valence-corrected chi connectivity index (χ4v) is 3.04. The molecule has 0 fully saturated rings. The maximum atomic E-state index is 13.9. The van der Waals surface area contributed by atoms with Crippen LogP contribution in [0.3, 0.4) is 0 Å². The molecule has 4 aromatic rings. The van der Waals surface area contributed by atoms with Crippen molar-refractivity contribution >= 4 is 23.2 Å². The number of nitrogens with zero attached hydrogens (tertiary/aromatic N) is 2. The van der Waals surface area contributed by atoms with Gasteiger partial charge in [0.15, 0.2) is 5.76 Å². The largest absolute Gasteiger partial charge is 0.486 e. The Morgan fingerprint density at radius 1 is 1.13 bits per heavy atom. The summed E-state index contributed by atoms with van der Waals surface area (Å²) in [5.41, 5.74) is 0.722. The number of anilines is 1. The maximum Gasteiger partial charge on any atom is 0.291 e. The summed E-state index contributed by atoms with van der Waals surface area (Å²) in [5.74, 6) is -0.270. The van der Waals surface area contributed by atoms with Gasteiger partial charge in [-0.05, 0) is 48.5 Å². The van der Waals surface area contributed by atoms with E-state index in [4.69, 9.17) is 20.8 Å². The molecule has 0 radical (unpaired) electrons. The lowest BCUT2D eigenvalue weighted by Gasteiger charge is -2.05. The SMILES string of the molecule is O=C(Nc1cnn(Cc2c(F)cccc2Cl)c1)c1ccc(COc2ccc(F)cc2)o1. The molecule has 0 spiro atoms. The summed E-state index contributed by atoms with van der Waals surface area (Å²) in [4.78, 5) is 12.4. The van der Waals surface area contributed by atoms with Gasteiger partial charge >= 0.3 is 0 Å². The molecule has 0 atom stereocenters. The van der Waals surface area contributed by atoms with E-state index in [0.717, 1.165) is 0 Å². The van der Waals surface area contributed by atoms with Crippen LogP contribution < -0.4 is 10.1 Å². The first kappa shape index (κ1) is 20.6. The quantitative estimate of drug-likeness (QED) is 0.421. The highest BCUT2D eigenvalue weighted by Gasteiger charge is 2.14. The van der Waals surface area contributed by atoms with E-state index in [1.54, 1.807) is 18.3 Å². The first-order chi connectivity index (χ1) is 15.0. The summed E-state index contributed by atoms with van der Waals surface area (Å²) >= 11 is 6.03. The minimum absolute atomic E-state index is 0.0836. The van der Waals surface area contributed by atoms with Gasteiger partial charge in [0.25, 0.3) is 5.91 Å². The molecular formula is C22H16ClF2N3O3. The summed E-state index contributed by atoms with van der Waals surface area (Å²) in [6.07, 6.45) is 3.00. The average molecular weight is 444 g/mol. The zero-order chi connectivity index (χ0) is 21.8. The van der Waals surface area contributed by atoms with Crippen LogP contribution in [0.5, 0.6) is 5.75 Å². The standard InChI is InChI=1S/C22H16ClF2N3O3/c23-19-2-1-3-20(25)18(19)12-28-11-15(10-26-28)27-22(29)21-9-8-17(31-21)13-30-16-6-4-14(24)5-7-16/h1-11H,12-13H2,(H,27,29). The molecule has 2 aromatic heterocycles. The van der Waals surface area contributed by atoms with Crippen molar-refractivity contribution in [3.63, 3.8) is 0 Å². The second-order valence-corrected chi connectivity index (χ2v) is 7.00. The molecule has 4 rings (SSSR count). The molecule has 0 saturated heterocycles. The molecule has 9 heteroatoms. The number of hydrogen-bond donors (Lipinski definition) is 1. The molecule has 0 unspecified atom stereocenters. The monoisotopic (exact) mass is 443 g/mol. The highest BCUT2D eigenvalue weighted by atomic mass is 35.5. The second kappa shape index (κ2) is 9.01. The first-order valence-electron chi connectivity index (χ1n) is 9.22. The van der Waals surface area contributed by atoms with E-state index < -0.39 is 11.7 Å². The number of halogens is 3. The van der Waals surface area contributed by atoms with Crippen LogP contribution in [0.1, 0.15) is 21.9 Å². The van der Waals surface area contributed by atoms with E-state index in [-0.39, 0.29) is 24.7 Å². The van der Waals surface area contributed by atoms with Gasteiger partial charge in [-0.1, -0.05) is 17.7 Å². The number of carbonyl (C=O) groups excluding carboxylic acids is 1. The Morgan fingerprint density at radius 2 is 1.94 bits per heavy atom. The van der Waals surface area contributed by atoms with Crippen LogP contribution in [0.4, 0.5) is 14.5 Å². The average Bonchev–Trinajstić information content (AvgIpc) is 3.40. The summed E-state index contributed by atoms with van der Waals surface area (Å²) in [5, 5.41) is 7.07. The third-order valence-electron chi connectivity index (χ3n) is 4.35. The van der Waals surface area contributed by atoms with E-state index in [1.165, 1.54) is 53.3 Å². The van der Waals surface area contributed by atoms with Crippen LogP contribution in [-0.4, -0.2) is 15.7 Å². The predicted octanol–water partition coefficient (Wildman–Crippen LogP) is 5.29. The number of furan rings is 1. The molecule has 1 amide bonds. The van der Waals surface area contributed by atoms with Crippen molar-refractivity contribution in [1.82, 2.24) is 9.78 Å². The van der Waals surface area contributed by atoms with Crippen molar-refractivity contribution < 1.29 is 22.7 Å². The number of ether oxygens (including phenoxy) is 1. The van der Waals surface area contributed by atoms with Crippen molar-refractivity contribution in [3.05, 3.63) is 101 Å². The normalized spacial score (nSPS) is 10.8. The number of hydrogen-bond acceptors (Lipinski definition) is 4. The van der Waals surface area contributed by atoms with E-state index in [0.29, 0.717) is 27.8 Å². The molecule has 6 nitrogen and oxygen atoms in total. The van der Waals surface area contributed by atoms with Gasteiger partial charge in [0.2, 0.25) is 0 Å². The van der Waals surface area contributed by atoms with Crippen LogP contribution in [0.2, 0.25) is 5.02 Å². The van der Waals surface area contributed by atoms with Crippen molar-refractivity contribution in [3.8, 4) is 5.75 Å². The number of nitrogens with one attached hydrogen (secondary N) is 1. The number of rotatable bonds is 7. The van der Waals surface area contributed by atoms with Crippen LogP contribution in [-0.2, 0) is 13.2 Å². The first-order valence-corrected chi connectivity index (χ1v) is 9.59. The van der Waals surface area contributed by atoms with Crippen LogP contribution >= 0.6 is 11.6 Å². The fourth-order valence-electron chi connectivity index (χ4n) is 2.82. The molecular weight excluding hydrogens is 428 g/mol. The number of carbonyl (C=O) groups is 1. The molecule has 31 heavy (non-hydrogen) atoms. The van der Waals surface area contributed by atoms with Crippen molar-refractivity contribution in [2.75, 3.05) is 5.32 Å². The minimum atomic E-state index is -0.475. The molecule has 0 aliphatic heterocycles. The van der Waals surface area contributed by atoms with Gasteiger partial charge in [-0.2, -0.15) is 5.10 Å². The molecule has 0 saturated carbocycles. The van der Waals surface area contributed by atoms with Gasteiger partial charge in [-0.15, -0.1) is 0 Å². The van der Waals surface area contributed by atoms with Crippen molar-refractivity contribution in [2.24, 2.45) is 0 Å². The molecule has 0 aliphatic carbocycles. The summed E-state index contributed by atoms with van der Waals surface area (Å²) in [7, 11) is 0. The van der Waals surface area contributed by atoms with Crippen molar-refractivity contribution in [2.45, 2.75) is 13.2 Å². The molecule has 0 aliphatic rings. The van der Waals surface area contributed by atoms with Crippen LogP contribution in [0.15, 0.2) is 71.4 Å². The van der Waals surface area contributed by atoms with Gasteiger partial charge in [0, 0.05) is 16.8 Å². The lowest BCUT2D eigenvalue weighted by atomic mass is 10.2. The van der Waals surface area contributed by atoms with Crippen LogP contribution in [0.25, 0.3) is 0 Å². The van der Waals surface area contributed by atoms with E-state index >= 15 is 0 Å².